The third-order valence-electron chi connectivity index (χ3n) is 5.70. The van der Waals surface area contributed by atoms with Crippen LogP contribution in [-0.4, -0.2) is 52.5 Å². The molecule has 2 fully saturated rings. The molecule has 0 spiro atoms. The Balaban J connectivity index is 1.85. The minimum atomic E-state index is 0.246. The number of carbonyl (C=O) groups is 1. The van der Waals surface area contributed by atoms with Crippen LogP contribution in [0.15, 0.2) is 6.07 Å². The van der Waals surface area contributed by atoms with E-state index >= 15 is 0 Å². The van der Waals surface area contributed by atoms with Crippen molar-refractivity contribution in [3.05, 3.63) is 23.0 Å². The molecule has 0 saturated carbocycles. The predicted octanol–water partition coefficient (Wildman–Crippen LogP) is 2.82. The standard InChI is InChI=1S/C18H29N3O/c1-5-20-13(2)12-15(14(20)3)18(22)21-11-7-9-17(21)16-8-6-10-19(16)4/h12,16-17H,5-11H2,1-4H3. The van der Waals surface area contributed by atoms with E-state index in [1.54, 1.807) is 0 Å². The van der Waals surface area contributed by atoms with Crippen LogP contribution in [0.25, 0.3) is 0 Å². The number of carbonyl (C=O) groups excluding carboxylic acids is 1. The number of likely N-dealkylation sites (tertiary alicyclic amines) is 2. The number of aromatic nitrogens is 1. The molecule has 2 aliphatic heterocycles. The lowest BCUT2D eigenvalue weighted by atomic mass is 10.0. The summed E-state index contributed by atoms with van der Waals surface area (Å²) in [5.74, 6) is 0.246. The van der Waals surface area contributed by atoms with Crippen molar-refractivity contribution in [2.24, 2.45) is 0 Å². The van der Waals surface area contributed by atoms with E-state index in [-0.39, 0.29) is 5.91 Å². The van der Waals surface area contributed by atoms with Crippen molar-refractivity contribution in [3.63, 3.8) is 0 Å². The Morgan fingerprint density at radius 3 is 2.45 bits per heavy atom. The fourth-order valence-corrected chi connectivity index (χ4v) is 4.53. The van der Waals surface area contributed by atoms with Gasteiger partial charge in [0.05, 0.1) is 5.56 Å². The van der Waals surface area contributed by atoms with Gasteiger partial charge in [-0.15, -0.1) is 0 Å². The number of rotatable bonds is 3. The molecule has 4 nitrogen and oxygen atoms in total. The van der Waals surface area contributed by atoms with Crippen LogP contribution < -0.4 is 0 Å². The summed E-state index contributed by atoms with van der Waals surface area (Å²) >= 11 is 0. The van der Waals surface area contributed by atoms with Gasteiger partial charge in [-0.3, -0.25) is 4.79 Å². The summed E-state index contributed by atoms with van der Waals surface area (Å²) in [5.41, 5.74) is 3.22. The van der Waals surface area contributed by atoms with E-state index in [0.717, 1.165) is 37.2 Å². The van der Waals surface area contributed by atoms with Gasteiger partial charge in [0.25, 0.3) is 5.91 Å². The number of nitrogens with zero attached hydrogens (tertiary/aromatic N) is 3. The Bertz CT molecular complexity index is 563. The Morgan fingerprint density at radius 2 is 1.86 bits per heavy atom. The van der Waals surface area contributed by atoms with Crippen molar-refractivity contribution >= 4 is 5.91 Å². The fourth-order valence-electron chi connectivity index (χ4n) is 4.53. The van der Waals surface area contributed by atoms with Gasteiger partial charge in [-0.25, -0.2) is 0 Å². The monoisotopic (exact) mass is 303 g/mol. The topological polar surface area (TPSA) is 28.5 Å². The summed E-state index contributed by atoms with van der Waals surface area (Å²) in [4.78, 5) is 17.7. The second kappa shape index (κ2) is 6.07. The minimum absolute atomic E-state index is 0.246. The van der Waals surface area contributed by atoms with E-state index < -0.39 is 0 Å². The van der Waals surface area contributed by atoms with Crippen LogP contribution in [0.5, 0.6) is 0 Å². The summed E-state index contributed by atoms with van der Waals surface area (Å²) in [7, 11) is 2.21. The zero-order valence-electron chi connectivity index (χ0n) is 14.4. The van der Waals surface area contributed by atoms with E-state index in [4.69, 9.17) is 0 Å². The molecule has 1 aromatic rings. The van der Waals surface area contributed by atoms with Crippen LogP contribution in [0, 0.1) is 13.8 Å². The lowest BCUT2D eigenvalue weighted by Gasteiger charge is -2.33. The molecule has 3 heterocycles. The van der Waals surface area contributed by atoms with E-state index in [1.165, 1.54) is 25.1 Å². The van der Waals surface area contributed by atoms with Crippen LogP contribution in [-0.2, 0) is 6.54 Å². The highest BCUT2D eigenvalue weighted by molar-refractivity contribution is 5.96. The second-order valence-electron chi connectivity index (χ2n) is 6.93. The Hall–Kier alpha value is -1.29. The smallest absolute Gasteiger partial charge is 0.255 e. The Morgan fingerprint density at radius 1 is 1.18 bits per heavy atom. The number of likely N-dealkylation sites (N-methyl/N-ethyl adjacent to an activating group) is 1. The molecule has 2 unspecified atom stereocenters. The largest absolute Gasteiger partial charge is 0.349 e. The van der Waals surface area contributed by atoms with Crippen LogP contribution in [0.3, 0.4) is 0 Å². The van der Waals surface area contributed by atoms with E-state index in [9.17, 15) is 4.79 Å². The second-order valence-corrected chi connectivity index (χ2v) is 6.93. The third kappa shape index (κ3) is 2.47. The molecule has 2 saturated heterocycles. The molecule has 1 aromatic heterocycles. The molecule has 0 radical (unpaired) electrons. The average molecular weight is 303 g/mol. The molecular formula is C18H29N3O. The molecular weight excluding hydrogens is 274 g/mol. The van der Waals surface area contributed by atoms with Gasteiger partial charge in [-0.05, 0) is 66.1 Å². The summed E-state index contributed by atoms with van der Waals surface area (Å²) in [6, 6.07) is 3.04. The molecule has 2 atom stereocenters. The molecule has 122 valence electrons. The highest BCUT2D eigenvalue weighted by atomic mass is 16.2. The van der Waals surface area contributed by atoms with Gasteiger partial charge in [0.1, 0.15) is 0 Å². The molecule has 0 N–H and O–H groups in total. The average Bonchev–Trinajstić information content (AvgIpc) is 3.17. The van der Waals surface area contributed by atoms with Crippen LogP contribution >= 0.6 is 0 Å². The van der Waals surface area contributed by atoms with Crippen LogP contribution in [0.1, 0.15) is 54.4 Å². The Kier molecular flexibility index (Phi) is 4.31. The lowest BCUT2D eigenvalue weighted by molar-refractivity contribution is 0.0663. The molecule has 22 heavy (non-hydrogen) atoms. The highest BCUT2D eigenvalue weighted by Crippen LogP contribution is 2.31. The fraction of sp³-hybridized carbons (Fsp3) is 0.722. The van der Waals surface area contributed by atoms with Gasteiger partial charge >= 0.3 is 0 Å². The van der Waals surface area contributed by atoms with Crippen molar-refractivity contribution in [2.75, 3.05) is 20.1 Å². The maximum Gasteiger partial charge on any atom is 0.255 e. The number of hydrogen-bond acceptors (Lipinski definition) is 2. The van der Waals surface area contributed by atoms with Crippen LogP contribution in [0.4, 0.5) is 0 Å². The minimum Gasteiger partial charge on any atom is -0.349 e. The molecule has 1 amide bonds. The number of hydrogen-bond donors (Lipinski definition) is 0. The normalized spacial score (nSPS) is 26.1. The summed E-state index contributed by atoms with van der Waals surface area (Å²) in [6.07, 6.45) is 4.81. The highest BCUT2D eigenvalue weighted by Gasteiger charge is 2.39. The van der Waals surface area contributed by atoms with Gasteiger partial charge in [0.2, 0.25) is 0 Å². The number of aryl methyl sites for hydroxylation is 1. The first kappa shape index (κ1) is 15.6. The molecule has 4 heteroatoms. The summed E-state index contributed by atoms with van der Waals surface area (Å²) < 4.78 is 2.24. The van der Waals surface area contributed by atoms with Gasteiger partial charge in [-0.1, -0.05) is 0 Å². The maximum atomic E-state index is 13.1. The first-order valence-electron chi connectivity index (χ1n) is 8.72. The van der Waals surface area contributed by atoms with E-state index in [2.05, 4.69) is 48.3 Å². The first-order valence-corrected chi connectivity index (χ1v) is 8.72. The summed E-state index contributed by atoms with van der Waals surface area (Å²) in [5, 5.41) is 0. The SMILES string of the molecule is CCn1c(C)cc(C(=O)N2CCCC2C2CCCN2C)c1C. The van der Waals surface area contributed by atoms with Gasteiger partial charge in [-0.2, -0.15) is 0 Å². The lowest BCUT2D eigenvalue weighted by Crippen LogP contribution is -2.47. The van der Waals surface area contributed by atoms with Crippen molar-refractivity contribution < 1.29 is 4.79 Å². The molecule has 0 bridgehead atoms. The van der Waals surface area contributed by atoms with Crippen molar-refractivity contribution in [1.82, 2.24) is 14.4 Å². The zero-order chi connectivity index (χ0) is 15.9. The summed E-state index contributed by atoms with van der Waals surface area (Å²) in [6.45, 7) is 9.34. The predicted molar refractivity (Wildman–Crippen MR) is 89.3 cm³/mol. The van der Waals surface area contributed by atoms with Crippen LogP contribution in [0.2, 0.25) is 0 Å². The van der Waals surface area contributed by atoms with Gasteiger partial charge in [0, 0.05) is 36.6 Å². The molecule has 0 aliphatic carbocycles. The number of amides is 1. The van der Waals surface area contributed by atoms with Crippen molar-refractivity contribution in [1.29, 1.82) is 0 Å². The first-order chi connectivity index (χ1) is 10.5. The Labute approximate surface area is 134 Å². The molecule has 2 aliphatic rings. The van der Waals surface area contributed by atoms with E-state index in [0.29, 0.717) is 12.1 Å². The molecule has 0 aromatic carbocycles. The zero-order valence-corrected chi connectivity index (χ0v) is 14.4. The maximum absolute atomic E-state index is 13.1. The van der Waals surface area contributed by atoms with Gasteiger partial charge < -0.3 is 14.4 Å². The van der Waals surface area contributed by atoms with Crippen molar-refractivity contribution in [3.8, 4) is 0 Å². The van der Waals surface area contributed by atoms with Crippen molar-refractivity contribution in [2.45, 2.75) is 65.1 Å². The molecule has 3 rings (SSSR count). The quantitative estimate of drug-likeness (QED) is 0.859. The van der Waals surface area contributed by atoms with E-state index in [1.807, 2.05) is 0 Å². The third-order valence-corrected chi connectivity index (χ3v) is 5.70. The van der Waals surface area contributed by atoms with Gasteiger partial charge in [0.15, 0.2) is 0 Å².